The summed E-state index contributed by atoms with van der Waals surface area (Å²) in [7, 11) is 0. The Hall–Kier alpha value is -1.24. The van der Waals surface area contributed by atoms with E-state index in [0.29, 0.717) is 12.6 Å². The quantitative estimate of drug-likeness (QED) is 0.870. The Morgan fingerprint density at radius 3 is 3.21 bits per heavy atom. The molecule has 5 nitrogen and oxygen atoms in total. The van der Waals surface area contributed by atoms with Gasteiger partial charge in [0.05, 0.1) is 24.9 Å². The van der Waals surface area contributed by atoms with Gasteiger partial charge in [0.25, 0.3) is 0 Å². The van der Waals surface area contributed by atoms with Crippen LogP contribution in [0.2, 0.25) is 0 Å². The number of fused-ring (bicyclic) bond motifs is 1. The third kappa shape index (κ3) is 2.70. The molecule has 102 valence electrons. The monoisotopic (exact) mass is 278 g/mol. The summed E-state index contributed by atoms with van der Waals surface area (Å²) in [6, 6.07) is 0.373. The minimum Gasteiger partial charge on any atom is -0.394 e. The number of aliphatic hydroxyl groups excluding tert-OH is 1. The summed E-state index contributed by atoms with van der Waals surface area (Å²) in [6.07, 6.45) is 7.25. The second kappa shape index (κ2) is 5.81. The number of hydrogen-bond acceptors (Lipinski definition) is 5. The third-order valence-corrected chi connectivity index (χ3v) is 4.36. The molecule has 2 aromatic rings. The van der Waals surface area contributed by atoms with Crippen LogP contribution < -0.4 is 5.32 Å². The van der Waals surface area contributed by atoms with Crippen molar-refractivity contribution in [3.63, 3.8) is 0 Å². The molecule has 0 spiro atoms. The van der Waals surface area contributed by atoms with Gasteiger partial charge in [-0.2, -0.15) is 5.10 Å². The third-order valence-electron chi connectivity index (χ3n) is 3.58. The van der Waals surface area contributed by atoms with Crippen molar-refractivity contribution in [1.82, 2.24) is 20.1 Å². The summed E-state index contributed by atoms with van der Waals surface area (Å²) in [5, 5.41) is 17.0. The Labute approximate surface area is 116 Å². The summed E-state index contributed by atoms with van der Waals surface area (Å²) in [5.41, 5.74) is 4.44. The lowest BCUT2D eigenvalue weighted by molar-refractivity contribution is 0.266. The zero-order valence-electron chi connectivity index (χ0n) is 10.7. The molecule has 0 fully saturated rings. The zero-order valence-corrected chi connectivity index (χ0v) is 11.6. The van der Waals surface area contributed by atoms with Crippen LogP contribution in [0.25, 0.3) is 0 Å². The van der Waals surface area contributed by atoms with E-state index < -0.39 is 0 Å². The van der Waals surface area contributed by atoms with Crippen LogP contribution in [0, 0.1) is 0 Å². The lowest BCUT2D eigenvalue weighted by atomic mass is 9.93. The molecule has 1 aliphatic rings. The molecule has 2 aromatic heterocycles. The van der Waals surface area contributed by atoms with E-state index in [-0.39, 0.29) is 6.61 Å². The van der Waals surface area contributed by atoms with Gasteiger partial charge in [-0.3, -0.25) is 9.67 Å². The second-order valence-electron chi connectivity index (χ2n) is 4.79. The minimum atomic E-state index is 0.146. The first kappa shape index (κ1) is 12.8. The van der Waals surface area contributed by atoms with Crippen molar-refractivity contribution in [3.05, 3.63) is 34.0 Å². The van der Waals surface area contributed by atoms with Gasteiger partial charge in [0, 0.05) is 34.9 Å². The Morgan fingerprint density at radius 2 is 2.42 bits per heavy atom. The largest absolute Gasteiger partial charge is 0.394 e. The van der Waals surface area contributed by atoms with Crippen molar-refractivity contribution in [1.29, 1.82) is 0 Å². The lowest BCUT2D eigenvalue weighted by Crippen LogP contribution is -2.25. The number of nitrogens with one attached hydrogen (secondary N) is 1. The van der Waals surface area contributed by atoms with Gasteiger partial charge in [0.2, 0.25) is 0 Å². The fourth-order valence-electron chi connectivity index (χ4n) is 2.67. The van der Waals surface area contributed by atoms with Gasteiger partial charge < -0.3 is 10.4 Å². The van der Waals surface area contributed by atoms with Gasteiger partial charge >= 0.3 is 0 Å². The molecular weight excluding hydrogens is 260 g/mol. The molecule has 2 N–H and O–H groups in total. The highest BCUT2D eigenvalue weighted by Crippen LogP contribution is 2.29. The normalized spacial score (nSPS) is 18.5. The van der Waals surface area contributed by atoms with Gasteiger partial charge in [-0.25, -0.2) is 0 Å². The fraction of sp³-hybridized carbons (Fsp3) is 0.538. The van der Waals surface area contributed by atoms with E-state index in [0.717, 1.165) is 19.4 Å². The second-order valence-corrected chi connectivity index (χ2v) is 5.76. The smallest absolute Gasteiger partial charge is 0.0794 e. The maximum Gasteiger partial charge on any atom is 0.0794 e. The first-order chi connectivity index (χ1) is 9.38. The molecule has 0 saturated carbocycles. The first-order valence-electron chi connectivity index (χ1n) is 6.64. The van der Waals surface area contributed by atoms with E-state index in [1.165, 1.54) is 22.6 Å². The highest BCUT2D eigenvalue weighted by Gasteiger charge is 2.23. The van der Waals surface area contributed by atoms with Crippen LogP contribution in [0.4, 0.5) is 0 Å². The molecule has 0 radical (unpaired) electrons. The average Bonchev–Trinajstić information content (AvgIpc) is 3.07. The Bertz CT molecular complexity index is 523. The number of aromatic nitrogens is 3. The van der Waals surface area contributed by atoms with Gasteiger partial charge in [0.15, 0.2) is 0 Å². The van der Waals surface area contributed by atoms with E-state index in [1.807, 2.05) is 22.6 Å². The van der Waals surface area contributed by atoms with Crippen LogP contribution in [0.1, 0.15) is 35.0 Å². The molecule has 0 aromatic carbocycles. The van der Waals surface area contributed by atoms with E-state index in [2.05, 4.69) is 15.4 Å². The van der Waals surface area contributed by atoms with Gasteiger partial charge in [-0.15, -0.1) is 11.3 Å². The van der Waals surface area contributed by atoms with Crippen LogP contribution in [-0.4, -0.2) is 26.5 Å². The van der Waals surface area contributed by atoms with Crippen LogP contribution in [0.3, 0.4) is 0 Å². The average molecular weight is 278 g/mol. The van der Waals surface area contributed by atoms with Gasteiger partial charge in [-0.05, 0) is 19.3 Å². The van der Waals surface area contributed by atoms with Crippen molar-refractivity contribution in [2.75, 3.05) is 6.61 Å². The molecule has 3 rings (SSSR count). The van der Waals surface area contributed by atoms with Crippen LogP contribution in [-0.2, 0) is 19.5 Å². The number of hydrogen-bond donors (Lipinski definition) is 2. The van der Waals surface area contributed by atoms with Crippen molar-refractivity contribution >= 4 is 11.3 Å². The van der Waals surface area contributed by atoms with Gasteiger partial charge in [-0.1, -0.05) is 0 Å². The minimum absolute atomic E-state index is 0.146. The molecular formula is C13H18N4OS. The molecule has 0 saturated heterocycles. The SMILES string of the molecule is OCCn1ncc2c1CCCC2NCc1cncs1. The van der Waals surface area contributed by atoms with Crippen molar-refractivity contribution in [3.8, 4) is 0 Å². The predicted octanol–water partition coefficient (Wildman–Crippen LogP) is 1.50. The number of aliphatic hydroxyl groups is 1. The van der Waals surface area contributed by atoms with Crippen molar-refractivity contribution < 1.29 is 5.11 Å². The molecule has 19 heavy (non-hydrogen) atoms. The highest BCUT2D eigenvalue weighted by atomic mass is 32.1. The molecule has 1 aliphatic carbocycles. The highest BCUT2D eigenvalue weighted by molar-refractivity contribution is 7.09. The summed E-state index contributed by atoms with van der Waals surface area (Å²) in [4.78, 5) is 5.35. The standard InChI is InChI=1S/C13H18N4OS/c18-5-4-17-13-3-1-2-12(11(13)8-16-17)15-7-10-6-14-9-19-10/h6,8-9,12,15,18H,1-5,7H2. The summed E-state index contributed by atoms with van der Waals surface area (Å²) >= 11 is 1.68. The van der Waals surface area contributed by atoms with Crippen LogP contribution in [0.15, 0.2) is 17.9 Å². The molecule has 0 aliphatic heterocycles. The number of thiazole rings is 1. The number of nitrogens with zero attached hydrogens (tertiary/aromatic N) is 3. The Balaban J connectivity index is 1.71. The Morgan fingerprint density at radius 1 is 1.47 bits per heavy atom. The molecule has 2 heterocycles. The predicted molar refractivity (Wildman–Crippen MR) is 73.9 cm³/mol. The van der Waals surface area contributed by atoms with E-state index in [1.54, 1.807) is 11.3 Å². The van der Waals surface area contributed by atoms with Crippen molar-refractivity contribution in [2.24, 2.45) is 0 Å². The maximum atomic E-state index is 9.05. The van der Waals surface area contributed by atoms with E-state index >= 15 is 0 Å². The number of rotatable bonds is 5. The first-order valence-corrected chi connectivity index (χ1v) is 7.52. The lowest BCUT2D eigenvalue weighted by Gasteiger charge is -2.24. The maximum absolute atomic E-state index is 9.05. The topological polar surface area (TPSA) is 63.0 Å². The van der Waals surface area contributed by atoms with E-state index in [4.69, 9.17) is 5.11 Å². The Kier molecular flexibility index (Phi) is 3.91. The molecule has 1 atom stereocenters. The summed E-state index contributed by atoms with van der Waals surface area (Å²) < 4.78 is 1.94. The molecule has 0 bridgehead atoms. The van der Waals surface area contributed by atoms with Crippen LogP contribution in [0.5, 0.6) is 0 Å². The summed E-state index contributed by atoms with van der Waals surface area (Å²) in [6.45, 7) is 1.60. The van der Waals surface area contributed by atoms with Gasteiger partial charge in [0.1, 0.15) is 0 Å². The van der Waals surface area contributed by atoms with Crippen molar-refractivity contribution in [2.45, 2.75) is 38.4 Å². The zero-order chi connectivity index (χ0) is 13.1. The van der Waals surface area contributed by atoms with E-state index in [9.17, 15) is 0 Å². The van der Waals surface area contributed by atoms with Crippen LogP contribution >= 0.6 is 11.3 Å². The molecule has 0 amide bonds. The molecule has 1 unspecified atom stereocenters. The molecule has 6 heteroatoms. The fourth-order valence-corrected chi connectivity index (χ4v) is 3.22. The summed E-state index contributed by atoms with van der Waals surface area (Å²) in [5.74, 6) is 0.